The zero-order valence-electron chi connectivity index (χ0n) is 11.0. The second kappa shape index (κ2) is 5.95. The molecule has 1 aliphatic heterocycles. The van der Waals surface area contributed by atoms with Crippen molar-refractivity contribution in [3.8, 4) is 0 Å². The summed E-state index contributed by atoms with van der Waals surface area (Å²) in [6, 6.07) is 0.409. The molecule has 1 atom stereocenters. The van der Waals surface area contributed by atoms with Crippen LogP contribution in [0.1, 0.15) is 32.7 Å². The Kier molecular flexibility index (Phi) is 4.30. The van der Waals surface area contributed by atoms with Gasteiger partial charge in [0.05, 0.1) is 0 Å². The van der Waals surface area contributed by atoms with Crippen LogP contribution in [0.5, 0.6) is 0 Å². The highest BCUT2D eigenvalue weighted by Gasteiger charge is 2.26. The van der Waals surface area contributed by atoms with Crippen molar-refractivity contribution in [2.24, 2.45) is 0 Å². The summed E-state index contributed by atoms with van der Waals surface area (Å²) >= 11 is 0. The zero-order valence-corrected chi connectivity index (χ0v) is 11.0. The van der Waals surface area contributed by atoms with E-state index in [-0.39, 0.29) is 12.0 Å². The summed E-state index contributed by atoms with van der Waals surface area (Å²) in [5, 5.41) is 7.63. The van der Waals surface area contributed by atoms with Gasteiger partial charge < -0.3 is 14.2 Å². The van der Waals surface area contributed by atoms with Crippen molar-refractivity contribution in [3.05, 3.63) is 12.7 Å². The van der Waals surface area contributed by atoms with Crippen LogP contribution in [0.25, 0.3) is 0 Å². The van der Waals surface area contributed by atoms with E-state index in [2.05, 4.69) is 10.2 Å². The third-order valence-corrected chi connectivity index (χ3v) is 3.40. The summed E-state index contributed by atoms with van der Waals surface area (Å²) in [5.74, 6) is 0.0963. The molecule has 1 fully saturated rings. The molecule has 1 aliphatic rings. The van der Waals surface area contributed by atoms with Crippen molar-refractivity contribution >= 4 is 5.91 Å². The predicted molar refractivity (Wildman–Crippen MR) is 66.0 cm³/mol. The molecule has 1 saturated heterocycles. The summed E-state index contributed by atoms with van der Waals surface area (Å²) in [6.45, 7) is 5.85. The van der Waals surface area contributed by atoms with Gasteiger partial charge in [-0.05, 0) is 26.7 Å². The normalized spacial score (nSPS) is 18.9. The quantitative estimate of drug-likeness (QED) is 0.797. The Morgan fingerprint density at radius 3 is 2.56 bits per heavy atom. The Morgan fingerprint density at radius 1 is 1.39 bits per heavy atom. The van der Waals surface area contributed by atoms with Crippen LogP contribution in [0.15, 0.2) is 12.7 Å². The van der Waals surface area contributed by atoms with Crippen LogP contribution >= 0.6 is 0 Å². The van der Waals surface area contributed by atoms with Gasteiger partial charge in [-0.15, -0.1) is 10.2 Å². The molecule has 2 rings (SSSR count). The zero-order chi connectivity index (χ0) is 13.0. The molecule has 0 spiro atoms. The minimum atomic E-state index is -0.332. The average molecular weight is 252 g/mol. The molecule has 1 unspecified atom stereocenters. The molecule has 0 saturated carbocycles. The largest absolute Gasteiger partial charge is 0.369 e. The third kappa shape index (κ3) is 2.87. The molecule has 1 amide bonds. The van der Waals surface area contributed by atoms with E-state index in [0.29, 0.717) is 12.6 Å². The fraction of sp³-hybridized carbons (Fsp3) is 0.750. The van der Waals surface area contributed by atoms with Gasteiger partial charge in [-0.1, -0.05) is 0 Å². The number of piperidine rings is 1. The van der Waals surface area contributed by atoms with Gasteiger partial charge in [-0.2, -0.15) is 0 Å². The smallest absolute Gasteiger partial charge is 0.251 e. The van der Waals surface area contributed by atoms with Crippen molar-refractivity contribution in [2.75, 3.05) is 19.7 Å². The monoisotopic (exact) mass is 252 g/mol. The molecule has 100 valence electrons. The molecule has 1 aromatic rings. The first-order valence-corrected chi connectivity index (χ1v) is 6.47. The first-order chi connectivity index (χ1) is 8.72. The number of carbonyl (C=O) groups is 1. The van der Waals surface area contributed by atoms with Crippen LogP contribution in [0.4, 0.5) is 0 Å². The molecule has 0 N–H and O–H groups in total. The summed E-state index contributed by atoms with van der Waals surface area (Å²) in [4.78, 5) is 13.9. The number of carbonyl (C=O) groups excluding carboxylic acids is 1. The number of likely N-dealkylation sites (tertiary alicyclic amines) is 1. The van der Waals surface area contributed by atoms with Gasteiger partial charge in [-0.3, -0.25) is 4.79 Å². The van der Waals surface area contributed by atoms with Crippen LogP contribution in [0.3, 0.4) is 0 Å². The van der Waals surface area contributed by atoms with Crippen LogP contribution in [-0.2, 0) is 9.53 Å². The lowest BCUT2D eigenvalue weighted by Crippen LogP contribution is -2.44. The second-order valence-electron chi connectivity index (χ2n) is 4.56. The highest BCUT2D eigenvalue weighted by molar-refractivity contribution is 5.80. The molecule has 0 aromatic carbocycles. The molecule has 0 aliphatic carbocycles. The molecule has 18 heavy (non-hydrogen) atoms. The van der Waals surface area contributed by atoms with Crippen molar-refractivity contribution in [1.82, 2.24) is 19.7 Å². The van der Waals surface area contributed by atoms with E-state index in [1.807, 2.05) is 23.3 Å². The molecular weight excluding hydrogens is 232 g/mol. The Hall–Kier alpha value is -1.43. The van der Waals surface area contributed by atoms with Crippen molar-refractivity contribution in [2.45, 2.75) is 38.8 Å². The number of aromatic nitrogens is 3. The lowest BCUT2D eigenvalue weighted by atomic mass is 10.0. The van der Waals surface area contributed by atoms with E-state index in [1.165, 1.54) is 0 Å². The Labute approximate surface area is 107 Å². The lowest BCUT2D eigenvalue weighted by Gasteiger charge is -2.33. The fourth-order valence-corrected chi connectivity index (χ4v) is 2.36. The molecule has 6 heteroatoms. The molecular formula is C12H20N4O2. The number of nitrogens with zero attached hydrogens (tertiary/aromatic N) is 4. The second-order valence-corrected chi connectivity index (χ2v) is 4.56. The van der Waals surface area contributed by atoms with Gasteiger partial charge in [-0.25, -0.2) is 0 Å². The van der Waals surface area contributed by atoms with E-state index in [1.54, 1.807) is 12.7 Å². The number of rotatable bonds is 4. The number of hydrogen-bond acceptors (Lipinski definition) is 4. The van der Waals surface area contributed by atoms with E-state index in [0.717, 1.165) is 25.9 Å². The van der Waals surface area contributed by atoms with E-state index < -0.39 is 0 Å². The standard InChI is InChI=1S/C12H20N4O2/c1-3-18-10(2)12(17)15-6-4-11(5-7-15)16-8-13-14-9-16/h8-11H,3-7H2,1-2H3. The topological polar surface area (TPSA) is 60.2 Å². The van der Waals surface area contributed by atoms with Crippen molar-refractivity contribution < 1.29 is 9.53 Å². The Balaban J connectivity index is 1.85. The first-order valence-electron chi connectivity index (χ1n) is 6.47. The summed E-state index contributed by atoms with van der Waals surface area (Å²) in [5.41, 5.74) is 0. The van der Waals surface area contributed by atoms with Gasteiger partial charge in [0.15, 0.2) is 0 Å². The van der Waals surface area contributed by atoms with Crippen molar-refractivity contribution in [1.29, 1.82) is 0 Å². The SMILES string of the molecule is CCOC(C)C(=O)N1CCC(n2cnnc2)CC1. The van der Waals surface area contributed by atoms with E-state index in [4.69, 9.17) is 4.74 Å². The third-order valence-electron chi connectivity index (χ3n) is 3.40. The van der Waals surface area contributed by atoms with Gasteiger partial charge in [0.1, 0.15) is 18.8 Å². The van der Waals surface area contributed by atoms with Crippen LogP contribution in [-0.4, -0.2) is 51.4 Å². The summed E-state index contributed by atoms with van der Waals surface area (Å²) < 4.78 is 7.36. The molecule has 0 bridgehead atoms. The maximum absolute atomic E-state index is 12.1. The van der Waals surface area contributed by atoms with Crippen LogP contribution in [0, 0.1) is 0 Å². The van der Waals surface area contributed by atoms with Gasteiger partial charge in [0.25, 0.3) is 5.91 Å². The molecule has 1 aromatic heterocycles. The maximum Gasteiger partial charge on any atom is 0.251 e. The minimum absolute atomic E-state index is 0.0963. The molecule has 0 radical (unpaired) electrons. The maximum atomic E-state index is 12.1. The molecule has 6 nitrogen and oxygen atoms in total. The fourth-order valence-electron chi connectivity index (χ4n) is 2.36. The van der Waals surface area contributed by atoms with Gasteiger partial charge >= 0.3 is 0 Å². The predicted octanol–water partition coefficient (Wildman–Crippen LogP) is 0.867. The number of ether oxygens (including phenoxy) is 1. The average Bonchev–Trinajstić information content (AvgIpc) is 2.92. The number of amides is 1. The summed E-state index contributed by atoms with van der Waals surface area (Å²) in [7, 11) is 0. The minimum Gasteiger partial charge on any atom is -0.369 e. The van der Waals surface area contributed by atoms with Crippen LogP contribution in [0.2, 0.25) is 0 Å². The Morgan fingerprint density at radius 2 is 2.00 bits per heavy atom. The first kappa shape index (κ1) is 13.0. The Bertz CT molecular complexity index is 371. The lowest BCUT2D eigenvalue weighted by molar-refractivity contribution is -0.143. The summed E-state index contributed by atoms with van der Waals surface area (Å²) in [6.07, 6.45) is 5.04. The number of hydrogen-bond donors (Lipinski definition) is 0. The van der Waals surface area contributed by atoms with E-state index >= 15 is 0 Å². The molecule has 2 heterocycles. The van der Waals surface area contributed by atoms with Gasteiger partial charge in [0.2, 0.25) is 0 Å². The van der Waals surface area contributed by atoms with E-state index in [9.17, 15) is 4.79 Å². The van der Waals surface area contributed by atoms with Crippen LogP contribution < -0.4 is 0 Å². The van der Waals surface area contributed by atoms with Crippen molar-refractivity contribution in [3.63, 3.8) is 0 Å². The van der Waals surface area contributed by atoms with Gasteiger partial charge in [0, 0.05) is 25.7 Å². The highest BCUT2D eigenvalue weighted by Crippen LogP contribution is 2.22. The highest BCUT2D eigenvalue weighted by atomic mass is 16.5.